The van der Waals surface area contributed by atoms with Crippen molar-refractivity contribution in [3.63, 3.8) is 0 Å². The highest BCUT2D eigenvalue weighted by atomic mass is 32.2. The molecule has 1 N–H and O–H groups in total. The first-order valence-electron chi connectivity index (χ1n) is 4.80. The number of likely N-dealkylation sites (N-methyl/N-ethyl adjacent to an activating group) is 1. The molecule has 0 aromatic heterocycles. The fraction of sp³-hybridized carbons (Fsp3) is 1.00. The van der Waals surface area contributed by atoms with Gasteiger partial charge in [0.2, 0.25) is 0 Å². The lowest BCUT2D eigenvalue weighted by Gasteiger charge is -2.38. The SMILES string of the molecule is CC1CSC2(CCCN(C)C2)N1. The van der Waals surface area contributed by atoms with Crippen LogP contribution in [0, 0.1) is 0 Å². The zero-order chi connectivity index (χ0) is 8.60. The molecule has 12 heavy (non-hydrogen) atoms. The number of piperidine rings is 1. The second kappa shape index (κ2) is 3.20. The van der Waals surface area contributed by atoms with Crippen LogP contribution in [-0.2, 0) is 0 Å². The van der Waals surface area contributed by atoms with E-state index in [0.29, 0.717) is 10.9 Å². The van der Waals surface area contributed by atoms with Gasteiger partial charge in [-0.2, -0.15) is 0 Å². The molecule has 2 aliphatic rings. The maximum atomic E-state index is 3.72. The van der Waals surface area contributed by atoms with Crippen LogP contribution >= 0.6 is 11.8 Å². The topological polar surface area (TPSA) is 15.3 Å². The van der Waals surface area contributed by atoms with Gasteiger partial charge in [-0.15, -0.1) is 11.8 Å². The Morgan fingerprint density at radius 1 is 1.58 bits per heavy atom. The van der Waals surface area contributed by atoms with Gasteiger partial charge in [0, 0.05) is 18.3 Å². The Hall–Kier alpha value is 0.270. The van der Waals surface area contributed by atoms with Crippen LogP contribution in [0.4, 0.5) is 0 Å². The van der Waals surface area contributed by atoms with Gasteiger partial charge in [0.05, 0.1) is 4.87 Å². The maximum absolute atomic E-state index is 3.72. The summed E-state index contributed by atoms with van der Waals surface area (Å²) < 4.78 is 0. The molecule has 2 saturated heterocycles. The van der Waals surface area contributed by atoms with Crippen LogP contribution in [0.2, 0.25) is 0 Å². The molecule has 0 bridgehead atoms. The van der Waals surface area contributed by atoms with E-state index in [2.05, 4.69) is 35.9 Å². The van der Waals surface area contributed by atoms with Crippen molar-refractivity contribution in [3.05, 3.63) is 0 Å². The average Bonchev–Trinajstić information content (AvgIpc) is 2.32. The summed E-state index contributed by atoms with van der Waals surface area (Å²) >= 11 is 2.12. The van der Waals surface area contributed by atoms with Gasteiger partial charge >= 0.3 is 0 Å². The number of hydrogen-bond donors (Lipinski definition) is 1. The van der Waals surface area contributed by atoms with Gasteiger partial charge in [0.25, 0.3) is 0 Å². The highest BCUT2D eigenvalue weighted by molar-refractivity contribution is 8.00. The molecule has 1 spiro atoms. The number of nitrogens with one attached hydrogen (secondary N) is 1. The molecular formula is C9H18N2S. The monoisotopic (exact) mass is 186 g/mol. The van der Waals surface area contributed by atoms with Gasteiger partial charge < -0.3 is 4.90 Å². The van der Waals surface area contributed by atoms with Crippen molar-refractivity contribution in [3.8, 4) is 0 Å². The van der Waals surface area contributed by atoms with Crippen molar-refractivity contribution in [2.24, 2.45) is 0 Å². The second-order valence-corrected chi connectivity index (χ2v) is 5.60. The lowest BCUT2D eigenvalue weighted by molar-refractivity contribution is 0.207. The van der Waals surface area contributed by atoms with Crippen molar-refractivity contribution in [2.75, 3.05) is 25.9 Å². The standard InChI is InChI=1S/C9H18N2S/c1-8-6-12-9(10-8)4-3-5-11(2)7-9/h8,10H,3-7H2,1-2H3. The van der Waals surface area contributed by atoms with E-state index in [9.17, 15) is 0 Å². The molecule has 2 atom stereocenters. The van der Waals surface area contributed by atoms with E-state index in [1.54, 1.807) is 0 Å². The first kappa shape index (κ1) is 8.85. The van der Waals surface area contributed by atoms with Gasteiger partial charge in [0.15, 0.2) is 0 Å². The number of nitrogens with zero attached hydrogens (tertiary/aromatic N) is 1. The van der Waals surface area contributed by atoms with Crippen molar-refractivity contribution < 1.29 is 0 Å². The van der Waals surface area contributed by atoms with E-state index < -0.39 is 0 Å². The summed E-state index contributed by atoms with van der Waals surface area (Å²) in [6.07, 6.45) is 2.70. The van der Waals surface area contributed by atoms with Gasteiger partial charge in [-0.25, -0.2) is 0 Å². The predicted octanol–water partition coefficient (Wildman–Crippen LogP) is 1.13. The van der Waals surface area contributed by atoms with E-state index in [1.165, 1.54) is 31.7 Å². The van der Waals surface area contributed by atoms with Gasteiger partial charge in [-0.3, -0.25) is 5.32 Å². The summed E-state index contributed by atoms with van der Waals surface area (Å²) in [5.74, 6) is 1.29. The van der Waals surface area contributed by atoms with E-state index in [-0.39, 0.29) is 0 Å². The molecule has 2 unspecified atom stereocenters. The summed E-state index contributed by atoms with van der Waals surface area (Å²) in [7, 11) is 2.23. The Morgan fingerprint density at radius 3 is 3.00 bits per heavy atom. The summed E-state index contributed by atoms with van der Waals surface area (Å²) in [6, 6.07) is 0.710. The Labute approximate surface area is 79.1 Å². The van der Waals surface area contributed by atoms with Gasteiger partial charge in [-0.1, -0.05) is 0 Å². The average molecular weight is 186 g/mol. The number of rotatable bonds is 0. The highest BCUT2D eigenvalue weighted by Gasteiger charge is 2.39. The fourth-order valence-electron chi connectivity index (χ4n) is 2.28. The van der Waals surface area contributed by atoms with Crippen molar-refractivity contribution in [2.45, 2.75) is 30.7 Å². The van der Waals surface area contributed by atoms with Crippen LogP contribution in [-0.4, -0.2) is 41.7 Å². The third kappa shape index (κ3) is 1.63. The first-order chi connectivity index (χ1) is 5.70. The largest absolute Gasteiger partial charge is 0.304 e. The minimum absolute atomic E-state index is 0.409. The minimum Gasteiger partial charge on any atom is -0.304 e. The third-order valence-corrected chi connectivity index (χ3v) is 4.44. The number of thioether (sulfide) groups is 1. The summed E-state index contributed by atoms with van der Waals surface area (Å²) in [5, 5.41) is 3.72. The zero-order valence-corrected chi connectivity index (χ0v) is 8.78. The molecule has 70 valence electrons. The summed E-state index contributed by atoms with van der Waals surface area (Å²) in [6.45, 7) is 4.79. The Balaban J connectivity index is 2.00. The van der Waals surface area contributed by atoms with E-state index in [4.69, 9.17) is 0 Å². The Kier molecular flexibility index (Phi) is 2.36. The summed E-state index contributed by atoms with van der Waals surface area (Å²) in [5.41, 5.74) is 0. The molecule has 0 radical (unpaired) electrons. The molecule has 0 amide bonds. The molecule has 0 aromatic carbocycles. The van der Waals surface area contributed by atoms with Crippen LogP contribution in [0.5, 0.6) is 0 Å². The molecule has 2 nitrogen and oxygen atoms in total. The van der Waals surface area contributed by atoms with Crippen molar-refractivity contribution in [1.82, 2.24) is 10.2 Å². The van der Waals surface area contributed by atoms with Crippen LogP contribution in [0.1, 0.15) is 19.8 Å². The predicted molar refractivity (Wildman–Crippen MR) is 54.5 cm³/mol. The lowest BCUT2D eigenvalue weighted by Crippen LogP contribution is -2.52. The van der Waals surface area contributed by atoms with E-state index >= 15 is 0 Å². The molecule has 0 saturated carbocycles. The Morgan fingerprint density at radius 2 is 2.42 bits per heavy atom. The normalized spacial score (nSPS) is 44.0. The minimum atomic E-state index is 0.409. The quantitative estimate of drug-likeness (QED) is 0.610. The summed E-state index contributed by atoms with van der Waals surface area (Å²) in [4.78, 5) is 2.86. The van der Waals surface area contributed by atoms with Gasteiger partial charge in [0.1, 0.15) is 0 Å². The van der Waals surface area contributed by atoms with Crippen LogP contribution < -0.4 is 5.32 Å². The highest BCUT2D eigenvalue weighted by Crippen LogP contribution is 2.37. The lowest BCUT2D eigenvalue weighted by atomic mass is 10.1. The Bertz CT molecular complexity index is 170. The molecule has 2 heterocycles. The molecule has 2 fully saturated rings. The smallest absolute Gasteiger partial charge is 0.0776 e. The van der Waals surface area contributed by atoms with Crippen molar-refractivity contribution >= 4 is 11.8 Å². The number of likely N-dealkylation sites (tertiary alicyclic amines) is 1. The maximum Gasteiger partial charge on any atom is 0.0776 e. The van der Waals surface area contributed by atoms with Crippen LogP contribution in [0.15, 0.2) is 0 Å². The number of hydrogen-bond acceptors (Lipinski definition) is 3. The fourth-order valence-corrected chi connectivity index (χ4v) is 3.82. The van der Waals surface area contributed by atoms with Crippen molar-refractivity contribution in [1.29, 1.82) is 0 Å². The molecular weight excluding hydrogens is 168 g/mol. The van der Waals surface area contributed by atoms with Crippen LogP contribution in [0.25, 0.3) is 0 Å². The first-order valence-corrected chi connectivity index (χ1v) is 5.79. The second-order valence-electron chi connectivity index (χ2n) is 4.19. The molecule has 2 aliphatic heterocycles. The van der Waals surface area contributed by atoms with Crippen LogP contribution in [0.3, 0.4) is 0 Å². The molecule has 2 rings (SSSR count). The molecule has 0 aromatic rings. The van der Waals surface area contributed by atoms with E-state index in [1.807, 2.05) is 0 Å². The molecule has 0 aliphatic carbocycles. The zero-order valence-electron chi connectivity index (χ0n) is 7.97. The third-order valence-electron chi connectivity index (χ3n) is 2.76. The van der Waals surface area contributed by atoms with Gasteiger partial charge in [-0.05, 0) is 33.4 Å². The molecule has 3 heteroatoms. The van der Waals surface area contributed by atoms with E-state index in [0.717, 1.165) is 0 Å².